The van der Waals surface area contributed by atoms with Crippen molar-refractivity contribution in [1.82, 2.24) is 10.4 Å². The Morgan fingerprint density at radius 1 is 1.33 bits per heavy atom. The molecular weight excluding hydrogens is 222 g/mol. The Hall–Kier alpha value is -1.45. The normalized spacial score (nSPS) is 17.7. The molecule has 1 aliphatic carbocycles. The van der Waals surface area contributed by atoms with Crippen LogP contribution in [0.3, 0.4) is 0 Å². The molecule has 0 amide bonds. The van der Waals surface area contributed by atoms with Crippen molar-refractivity contribution in [3.63, 3.8) is 0 Å². The monoisotopic (exact) mass is 241 g/mol. The lowest BCUT2D eigenvalue weighted by Crippen LogP contribution is -2.36. The van der Waals surface area contributed by atoms with Crippen LogP contribution in [0.25, 0.3) is 10.9 Å². The molecule has 0 saturated heterocycles. The van der Waals surface area contributed by atoms with Crippen molar-refractivity contribution in [2.24, 2.45) is 11.8 Å². The number of pyridine rings is 1. The van der Waals surface area contributed by atoms with Crippen LogP contribution >= 0.6 is 0 Å². The fourth-order valence-corrected chi connectivity index (χ4v) is 2.85. The summed E-state index contributed by atoms with van der Waals surface area (Å²) in [6, 6.07) is 10.7. The van der Waals surface area contributed by atoms with Gasteiger partial charge in [0.25, 0.3) is 0 Å². The van der Waals surface area contributed by atoms with Gasteiger partial charge in [0.05, 0.1) is 5.52 Å². The number of aryl methyl sites for hydroxylation is 1. The average molecular weight is 241 g/mol. The van der Waals surface area contributed by atoms with Crippen molar-refractivity contribution in [3.05, 3.63) is 41.6 Å². The van der Waals surface area contributed by atoms with E-state index < -0.39 is 0 Å². The van der Waals surface area contributed by atoms with E-state index in [4.69, 9.17) is 5.84 Å². The summed E-state index contributed by atoms with van der Waals surface area (Å²) in [5, 5.41) is 1.22. The van der Waals surface area contributed by atoms with E-state index in [1.165, 1.54) is 30.2 Å². The molecule has 0 aliphatic heterocycles. The first kappa shape index (κ1) is 11.6. The predicted octanol–water partition coefficient (Wildman–Crippen LogP) is 2.85. The number of nitrogens with one attached hydrogen (secondary N) is 1. The van der Waals surface area contributed by atoms with E-state index in [0.29, 0.717) is 5.92 Å². The maximum Gasteiger partial charge on any atom is 0.0708 e. The molecule has 3 rings (SSSR count). The second kappa shape index (κ2) is 4.67. The Morgan fingerprint density at radius 3 is 2.78 bits per heavy atom. The lowest BCUT2D eigenvalue weighted by Gasteiger charge is -2.34. The highest BCUT2D eigenvalue weighted by molar-refractivity contribution is 5.82. The highest BCUT2D eigenvalue weighted by Gasteiger charge is 2.28. The summed E-state index contributed by atoms with van der Waals surface area (Å²) in [5.41, 5.74) is 6.43. The zero-order chi connectivity index (χ0) is 12.5. The van der Waals surface area contributed by atoms with Crippen molar-refractivity contribution in [1.29, 1.82) is 0 Å². The second-order valence-electron chi connectivity index (χ2n) is 5.21. The van der Waals surface area contributed by atoms with E-state index in [2.05, 4.69) is 34.7 Å². The van der Waals surface area contributed by atoms with Gasteiger partial charge in [-0.3, -0.25) is 16.3 Å². The maximum absolute atomic E-state index is 5.79. The summed E-state index contributed by atoms with van der Waals surface area (Å²) < 4.78 is 0. The molecule has 3 N–H and O–H groups in total. The minimum atomic E-state index is 0.255. The molecule has 1 heterocycles. The predicted molar refractivity (Wildman–Crippen MR) is 73.9 cm³/mol. The first-order chi connectivity index (χ1) is 8.79. The number of hydrogen-bond donors (Lipinski definition) is 2. The molecular formula is C15H19N3. The number of fused-ring (bicyclic) bond motifs is 1. The van der Waals surface area contributed by atoms with Crippen molar-refractivity contribution in [2.75, 3.05) is 0 Å². The van der Waals surface area contributed by atoms with Crippen molar-refractivity contribution >= 4 is 10.9 Å². The molecule has 3 nitrogen and oxygen atoms in total. The van der Waals surface area contributed by atoms with Gasteiger partial charge in [0.2, 0.25) is 0 Å². The number of para-hydroxylation sites is 1. The molecule has 0 bridgehead atoms. The summed E-state index contributed by atoms with van der Waals surface area (Å²) >= 11 is 0. The molecule has 1 aliphatic rings. The fourth-order valence-electron chi connectivity index (χ4n) is 2.85. The van der Waals surface area contributed by atoms with Crippen LogP contribution in [0, 0.1) is 12.8 Å². The van der Waals surface area contributed by atoms with E-state index in [1.807, 2.05) is 13.0 Å². The number of benzene rings is 1. The highest BCUT2D eigenvalue weighted by Crippen LogP contribution is 2.39. The molecule has 3 heteroatoms. The zero-order valence-corrected chi connectivity index (χ0v) is 10.7. The number of hydrogen-bond acceptors (Lipinski definition) is 3. The van der Waals surface area contributed by atoms with Gasteiger partial charge in [0, 0.05) is 17.1 Å². The van der Waals surface area contributed by atoms with Crippen LogP contribution < -0.4 is 11.3 Å². The fraction of sp³-hybridized carbons (Fsp3) is 0.400. The van der Waals surface area contributed by atoms with Crippen LogP contribution in [0.4, 0.5) is 0 Å². The third-order valence-electron chi connectivity index (χ3n) is 4.01. The van der Waals surface area contributed by atoms with Crippen LogP contribution in [-0.4, -0.2) is 4.98 Å². The molecule has 0 radical (unpaired) electrons. The van der Waals surface area contributed by atoms with E-state index in [0.717, 1.165) is 11.2 Å². The number of rotatable bonds is 3. The molecule has 18 heavy (non-hydrogen) atoms. The summed E-state index contributed by atoms with van der Waals surface area (Å²) in [7, 11) is 0. The third kappa shape index (κ3) is 1.89. The van der Waals surface area contributed by atoms with Gasteiger partial charge in [0.1, 0.15) is 0 Å². The summed E-state index contributed by atoms with van der Waals surface area (Å²) in [6.07, 6.45) is 3.86. The van der Waals surface area contributed by atoms with Crippen LogP contribution in [0.1, 0.15) is 36.6 Å². The van der Waals surface area contributed by atoms with Gasteiger partial charge in [-0.1, -0.05) is 24.6 Å². The van der Waals surface area contributed by atoms with Gasteiger partial charge >= 0.3 is 0 Å². The van der Waals surface area contributed by atoms with Crippen LogP contribution in [0.5, 0.6) is 0 Å². The Morgan fingerprint density at radius 2 is 2.11 bits per heavy atom. The third-order valence-corrected chi connectivity index (χ3v) is 4.01. The molecule has 1 atom stereocenters. The molecule has 1 unspecified atom stereocenters. The topological polar surface area (TPSA) is 50.9 Å². The largest absolute Gasteiger partial charge is 0.271 e. The number of nitrogens with zero attached hydrogens (tertiary/aromatic N) is 1. The molecule has 1 aromatic carbocycles. The van der Waals surface area contributed by atoms with Crippen LogP contribution in [0.15, 0.2) is 30.3 Å². The lowest BCUT2D eigenvalue weighted by atomic mass is 9.77. The van der Waals surface area contributed by atoms with Crippen molar-refractivity contribution < 1.29 is 0 Å². The van der Waals surface area contributed by atoms with Crippen molar-refractivity contribution in [2.45, 2.75) is 32.2 Å². The van der Waals surface area contributed by atoms with E-state index in [9.17, 15) is 0 Å². The summed E-state index contributed by atoms with van der Waals surface area (Å²) in [5.74, 6) is 6.45. The number of aromatic nitrogens is 1. The van der Waals surface area contributed by atoms with Crippen LogP contribution in [0.2, 0.25) is 0 Å². The highest BCUT2D eigenvalue weighted by atomic mass is 15.2. The minimum Gasteiger partial charge on any atom is -0.271 e. The molecule has 1 aromatic heterocycles. The minimum absolute atomic E-state index is 0.255. The molecule has 1 saturated carbocycles. The summed E-state index contributed by atoms with van der Waals surface area (Å²) in [4.78, 5) is 4.59. The molecule has 0 spiro atoms. The Labute approximate surface area is 107 Å². The smallest absolute Gasteiger partial charge is 0.0708 e. The Kier molecular flexibility index (Phi) is 3.02. The van der Waals surface area contributed by atoms with Gasteiger partial charge in [-0.2, -0.15) is 0 Å². The quantitative estimate of drug-likeness (QED) is 0.641. The van der Waals surface area contributed by atoms with Gasteiger partial charge < -0.3 is 0 Å². The van der Waals surface area contributed by atoms with E-state index >= 15 is 0 Å². The lowest BCUT2D eigenvalue weighted by molar-refractivity contribution is 0.233. The van der Waals surface area contributed by atoms with Crippen molar-refractivity contribution in [3.8, 4) is 0 Å². The molecule has 1 fully saturated rings. The van der Waals surface area contributed by atoms with E-state index in [1.54, 1.807) is 0 Å². The van der Waals surface area contributed by atoms with Gasteiger partial charge in [-0.15, -0.1) is 0 Å². The number of hydrazine groups is 1. The molecule has 2 aromatic rings. The SMILES string of the molecule is Cc1cc(C(NN)C2CCC2)c2ccccc2n1. The first-order valence-electron chi connectivity index (χ1n) is 6.62. The second-order valence-corrected chi connectivity index (χ2v) is 5.21. The molecule has 94 valence electrons. The van der Waals surface area contributed by atoms with Gasteiger partial charge in [-0.05, 0) is 43.4 Å². The van der Waals surface area contributed by atoms with Crippen LogP contribution in [-0.2, 0) is 0 Å². The van der Waals surface area contributed by atoms with Gasteiger partial charge in [0.15, 0.2) is 0 Å². The standard InChI is InChI=1S/C15H19N3/c1-10-9-13(15(18-16)11-5-4-6-11)12-7-2-3-8-14(12)17-10/h2-3,7-9,11,15,18H,4-6,16H2,1H3. The Bertz CT molecular complexity index is 561. The number of nitrogens with two attached hydrogens (primary N) is 1. The Balaban J connectivity index is 2.13. The van der Waals surface area contributed by atoms with E-state index in [-0.39, 0.29) is 6.04 Å². The van der Waals surface area contributed by atoms with Gasteiger partial charge in [-0.25, -0.2) is 0 Å². The zero-order valence-electron chi connectivity index (χ0n) is 10.7. The summed E-state index contributed by atoms with van der Waals surface area (Å²) in [6.45, 7) is 2.05. The first-order valence-corrected chi connectivity index (χ1v) is 6.62. The average Bonchev–Trinajstić information content (AvgIpc) is 2.32. The maximum atomic E-state index is 5.79.